The minimum absolute atomic E-state index is 0.683. The molecule has 0 radical (unpaired) electrons. The molecule has 0 saturated carbocycles. The highest BCUT2D eigenvalue weighted by molar-refractivity contribution is 5.73. The molecule has 16 heteroatoms. The molecule has 3 aliphatic rings. The van der Waals surface area contributed by atoms with Gasteiger partial charge in [0.25, 0.3) is 0 Å². The molecule has 16 nitrogen and oxygen atoms in total. The number of aliphatic carboxylic acids is 1. The van der Waals surface area contributed by atoms with E-state index in [4.69, 9.17) is 28.4 Å². The SMILES string of the molecule is CO[C@@H]1OC(C(=O)O)[C@@H](O)C(O[C@@H]2O[C@@H](CO)C(O)C2O)C1O[C@@H]1OC(CO)[C@@H](O)C(O)C1O. The van der Waals surface area contributed by atoms with Crippen molar-refractivity contribution in [3.05, 3.63) is 0 Å². The molecular weight excluding hydrogens is 472 g/mol. The van der Waals surface area contributed by atoms with Crippen molar-refractivity contribution in [1.82, 2.24) is 0 Å². The standard InChI is InChI=1S/C18H30O16/c1-29-18-14(34-17-10(25)8(23)6(21)4(2-19)30-17)12(11(26)13(33-18)15(27)28)32-16-9(24)7(22)5(3-20)31-16/h4-14,16-26H,2-3H2,1H3,(H,27,28)/t4?,5-,6+,7?,8?,9?,10?,11-,12?,13?,14?,16-,17-,18+/m0/s1. The van der Waals surface area contributed by atoms with E-state index in [1.807, 2.05) is 0 Å². The summed E-state index contributed by atoms with van der Waals surface area (Å²) in [6.45, 7) is -1.44. The van der Waals surface area contributed by atoms with E-state index in [0.29, 0.717) is 0 Å². The van der Waals surface area contributed by atoms with Gasteiger partial charge in [0.15, 0.2) is 25.0 Å². The average molecular weight is 502 g/mol. The largest absolute Gasteiger partial charge is 0.479 e. The van der Waals surface area contributed by atoms with Gasteiger partial charge in [0, 0.05) is 7.11 Å². The third-order valence-corrected chi connectivity index (χ3v) is 5.92. The van der Waals surface area contributed by atoms with Gasteiger partial charge in [0.1, 0.15) is 61.0 Å². The van der Waals surface area contributed by atoms with Crippen LogP contribution in [0.25, 0.3) is 0 Å². The van der Waals surface area contributed by atoms with Gasteiger partial charge >= 0.3 is 5.97 Å². The van der Waals surface area contributed by atoms with Crippen molar-refractivity contribution in [2.45, 2.75) is 86.0 Å². The van der Waals surface area contributed by atoms with Crippen LogP contribution in [-0.4, -0.2) is 158 Å². The second kappa shape index (κ2) is 11.3. The summed E-state index contributed by atoms with van der Waals surface area (Å²) in [5.74, 6) is -1.60. The Hall–Kier alpha value is -1.09. The first-order chi connectivity index (χ1) is 16.0. The van der Waals surface area contributed by atoms with Crippen molar-refractivity contribution in [3.63, 3.8) is 0 Å². The number of carboxylic acid groups (broad SMARTS) is 1. The number of aliphatic hydroxyl groups is 8. The van der Waals surface area contributed by atoms with Crippen molar-refractivity contribution in [1.29, 1.82) is 0 Å². The van der Waals surface area contributed by atoms with Crippen molar-refractivity contribution in [2.24, 2.45) is 0 Å². The molecule has 3 heterocycles. The lowest BCUT2D eigenvalue weighted by molar-refractivity contribution is -0.374. The van der Waals surface area contributed by atoms with E-state index in [1.165, 1.54) is 0 Å². The number of methoxy groups -OCH3 is 1. The van der Waals surface area contributed by atoms with Gasteiger partial charge in [-0.15, -0.1) is 0 Å². The van der Waals surface area contributed by atoms with Crippen LogP contribution in [0, 0.1) is 0 Å². The predicted molar refractivity (Wildman–Crippen MR) is 101 cm³/mol. The molecule has 0 spiro atoms. The number of carboxylic acids is 1. The van der Waals surface area contributed by atoms with Crippen LogP contribution in [0.4, 0.5) is 0 Å². The normalized spacial score (nSPS) is 49.8. The van der Waals surface area contributed by atoms with E-state index in [9.17, 15) is 50.8 Å². The minimum Gasteiger partial charge on any atom is -0.479 e. The maximum atomic E-state index is 11.6. The van der Waals surface area contributed by atoms with Crippen LogP contribution in [0.5, 0.6) is 0 Å². The first kappa shape index (κ1) is 27.5. The molecule has 198 valence electrons. The smallest absolute Gasteiger partial charge is 0.335 e. The van der Waals surface area contributed by atoms with Crippen LogP contribution in [0.3, 0.4) is 0 Å². The molecule has 8 unspecified atom stereocenters. The summed E-state index contributed by atoms with van der Waals surface area (Å²) in [5, 5.41) is 89.1. The lowest BCUT2D eigenvalue weighted by atomic mass is 9.96. The predicted octanol–water partition coefficient (Wildman–Crippen LogP) is -6.19. The summed E-state index contributed by atoms with van der Waals surface area (Å²) < 4.78 is 32.0. The highest BCUT2D eigenvalue weighted by Gasteiger charge is 2.55. The Morgan fingerprint density at radius 1 is 0.676 bits per heavy atom. The monoisotopic (exact) mass is 502 g/mol. The van der Waals surface area contributed by atoms with Crippen LogP contribution in [0.1, 0.15) is 0 Å². The lowest BCUT2D eigenvalue weighted by Gasteiger charge is -2.46. The van der Waals surface area contributed by atoms with Gasteiger partial charge in [-0.1, -0.05) is 0 Å². The van der Waals surface area contributed by atoms with E-state index in [0.717, 1.165) is 7.11 Å². The van der Waals surface area contributed by atoms with Crippen molar-refractivity contribution in [2.75, 3.05) is 20.3 Å². The van der Waals surface area contributed by atoms with Gasteiger partial charge in [-0.25, -0.2) is 4.79 Å². The second-order valence-corrected chi connectivity index (χ2v) is 8.09. The molecule has 0 aromatic rings. The number of ether oxygens (including phenoxy) is 6. The number of rotatable bonds is 8. The molecule has 0 amide bonds. The van der Waals surface area contributed by atoms with Crippen LogP contribution < -0.4 is 0 Å². The topological polar surface area (TPSA) is 255 Å². The molecule has 3 fully saturated rings. The third-order valence-electron chi connectivity index (χ3n) is 5.92. The van der Waals surface area contributed by atoms with E-state index < -0.39 is 105 Å². The molecule has 0 aliphatic carbocycles. The zero-order valence-corrected chi connectivity index (χ0v) is 17.9. The molecule has 0 aromatic carbocycles. The Labute approximate surface area is 192 Å². The summed E-state index contributed by atoms with van der Waals surface area (Å²) in [6.07, 6.45) is -23.4. The summed E-state index contributed by atoms with van der Waals surface area (Å²) in [5.41, 5.74) is 0. The molecule has 3 saturated heterocycles. The average Bonchev–Trinajstić information content (AvgIpc) is 3.09. The first-order valence-corrected chi connectivity index (χ1v) is 10.4. The van der Waals surface area contributed by atoms with Crippen molar-refractivity contribution < 1.29 is 79.2 Å². The maximum absolute atomic E-state index is 11.6. The van der Waals surface area contributed by atoms with E-state index >= 15 is 0 Å². The van der Waals surface area contributed by atoms with Crippen molar-refractivity contribution >= 4 is 5.97 Å². The molecular formula is C18H30O16. The van der Waals surface area contributed by atoms with Gasteiger partial charge < -0.3 is 74.4 Å². The maximum Gasteiger partial charge on any atom is 0.335 e. The van der Waals surface area contributed by atoms with Crippen molar-refractivity contribution in [3.8, 4) is 0 Å². The van der Waals surface area contributed by atoms with Crippen LogP contribution in [0.15, 0.2) is 0 Å². The third kappa shape index (κ3) is 5.20. The van der Waals surface area contributed by atoms with Gasteiger partial charge in [-0.2, -0.15) is 0 Å². The number of hydrogen-bond donors (Lipinski definition) is 9. The molecule has 3 aliphatic heterocycles. The molecule has 9 N–H and O–H groups in total. The Morgan fingerprint density at radius 2 is 1.15 bits per heavy atom. The van der Waals surface area contributed by atoms with Gasteiger partial charge in [0.2, 0.25) is 0 Å². The summed E-state index contributed by atoms with van der Waals surface area (Å²) in [4.78, 5) is 11.6. The lowest BCUT2D eigenvalue weighted by Crippen LogP contribution is -2.66. The van der Waals surface area contributed by atoms with Gasteiger partial charge in [-0.05, 0) is 0 Å². The molecule has 0 bridgehead atoms. The Balaban J connectivity index is 1.87. The van der Waals surface area contributed by atoms with Gasteiger partial charge in [0.05, 0.1) is 13.2 Å². The quantitative estimate of drug-likeness (QED) is 0.150. The van der Waals surface area contributed by atoms with E-state index in [2.05, 4.69) is 0 Å². The van der Waals surface area contributed by atoms with Gasteiger partial charge in [-0.3, -0.25) is 0 Å². The Morgan fingerprint density at radius 3 is 1.62 bits per heavy atom. The van der Waals surface area contributed by atoms with E-state index in [1.54, 1.807) is 0 Å². The second-order valence-electron chi connectivity index (χ2n) is 8.09. The Kier molecular flexibility index (Phi) is 9.15. The van der Waals surface area contributed by atoms with E-state index in [-0.39, 0.29) is 0 Å². The first-order valence-electron chi connectivity index (χ1n) is 10.4. The van der Waals surface area contributed by atoms with Crippen LogP contribution >= 0.6 is 0 Å². The molecule has 3 rings (SSSR count). The van der Waals surface area contributed by atoms with Crippen LogP contribution in [0.2, 0.25) is 0 Å². The minimum atomic E-state index is -1.97. The molecule has 0 aromatic heterocycles. The fourth-order valence-corrected chi connectivity index (χ4v) is 3.98. The fourth-order valence-electron chi connectivity index (χ4n) is 3.98. The number of carbonyl (C=O) groups is 1. The summed E-state index contributed by atoms with van der Waals surface area (Å²) in [7, 11) is 1.11. The highest BCUT2D eigenvalue weighted by atomic mass is 16.8. The zero-order valence-electron chi connectivity index (χ0n) is 17.9. The van der Waals surface area contributed by atoms with Crippen LogP contribution in [-0.2, 0) is 33.2 Å². The number of hydrogen-bond acceptors (Lipinski definition) is 15. The fraction of sp³-hybridized carbons (Fsp3) is 0.944. The highest BCUT2D eigenvalue weighted by Crippen LogP contribution is 2.33. The molecule has 34 heavy (non-hydrogen) atoms. The summed E-state index contributed by atoms with van der Waals surface area (Å²) in [6, 6.07) is 0. The summed E-state index contributed by atoms with van der Waals surface area (Å²) >= 11 is 0. The Bertz CT molecular complexity index is 678. The molecule has 14 atom stereocenters. The zero-order chi connectivity index (χ0) is 25.3. The number of aliphatic hydroxyl groups excluding tert-OH is 8.